The number of carbonyl (C=O) groups is 1. The normalized spacial score (nSPS) is 16.8. The van der Waals surface area contributed by atoms with Crippen molar-refractivity contribution in [2.75, 3.05) is 45.9 Å². The van der Waals surface area contributed by atoms with Gasteiger partial charge in [-0.25, -0.2) is 0 Å². The fraction of sp³-hybridized carbons (Fsp3) is 0.480. The Morgan fingerprint density at radius 1 is 0.871 bits per heavy atom. The van der Waals surface area contributed by atoms with Crippen LogP contribution >= 0.6 is 0 Å². The number of carbonyl (C=O) groups excluding carboxylic acids is 1. The molecule has 2 heterocycles. The molecular formula is C25H33N3O3. The van der Waals surface area contributed by atoms with Crippen molar-refractivity contribution in [1.29, 1.82) is 0 Å². The summed E-state index contributed by atoms with van der Waals surface area (Å²) in [5, 5.41) is 3.03. The highest BCUT2D eigenvalue weighted by atomic mass is 16.6. The number of hydrogen-bond acceptors (Lipinski definition) is 5. The fourth-order valence-corrected chi connectivity index (χ4v) is 4.07. The second-order valence-corrected chi connectivity index (χ2v) is 8.28. The van der Waals surface area contributed by atoms with Crippen LogP contribution in [0.25, 0.3) is 0 Å². The van der Waals surface area contributed by atoms with Crippen LogP contribution in [0.3, 0.4) is 0 Å². The Balaban J connectivity index is 1.18. The number of hydrogen-bond donors (Lipinski definition) is 1. The van der Waals surface area contributed by atoms with Crippen molar-refractivity contribution < 1.29 is 14.3 Å². The van der Waals surface area contributed by atoms with Crippen molar-refractivity contribution >= 4 is 5.91 Å². The molecule has 6 heteroatoms. The Bertz CT molecular complexity index is 861. The number of nitrogens with one attached hydrogen (secondary N) is 1. The minimum absolute atomic E-state index is 0.0627. The number of nitrogens with zero attached hydrogens (tertiary/aromatic N) is 2. The molecule has 2 aliphatic heterocycles. The molecule has 31 heavy (non-hydrogen) atoms. The average molecular weight is 424 g/mol. The van der Waals surface area contributed by atoms with Crippen molar-refractivity contribution in [2.24, 2.45) is 0 Å². The second kappa shape index (κ2) is 10.6. The Morgan fingerprint density at radius 2 is 1.52 bits per heavy atom. The predicted octanol–water partition coefficient (Wildman–Crippen LogP) is 2.84. The molecule has 166 valence electrons. The summed E-state index contributed by atoms with van der Waals surface area (Å²) in [6.45, 7) is 10.7. The van der Waals surface area contributed by atoms with Gasteiger partial charge in [-0.2, -0.15) is 0 Å². The predicted molar refractivity (Wildman–Crippen MR) is 121 cm³/mol. The van der Waals surface area contributed by atoms with E-state index in [4.69, 9.17) is 9.47 Å². The van der Waals surface area contributed by atoms with Gasteiger partial charge in [0.15, 0.2) is 11.5 Å². The van der Waals surface area contributed by atoms with Gasteiger partial charge in [-0.1, -0.05) is 37.3 Å². The van der Waals surface area contributed by atoms with E-state index in [1.807, 2.05) is 18.2 Å². The summed E-state index contributed by atoms with van der Waals surface area (Å²) in [4.78, 5) is 17.3. The molecule has 0 bridgehead atoms. The highest BCUT2D eigenvalue weighted by molar-refractivity contribution is 5.76. The first-order valence-electron chi connectivity index (χ1n) is 11.4. The van der Waals surface area contributed by atoms with Crippen LogP contribution in [0.2, 0.25) is 0 Å². The van der Waals surface area contributed by atoms with E-state index in [1.54, 1.807) is 0 Å². The van der Waals surface area contributed by atoms with Gasteiger partial charge in [-0.15, -0.1) is 0 Å². The molecule has 1 amide bonds. The zero-order chi connectivity index (χ0) is 21.5. The number of fused-ring (bicyclic) bond motifs is 1. The lowest BCUT2D eigenvalue weighted by Crippen LogP contribution is -2.45. The minimum atomic E-state index is 0.0627. The van der Waals surface area contributed by atoms with E-state index in [2.05, 4.69) is 46.3 Å². The molecular weight excluding hydrogens is 390 g/mol. The monoisotopic (exact) mass is 423 g/mol. The van der Waals surface area contributed by atoms with Gasteiger partial charge in [0.1, 0.15) is 13.2 Å². The SMILES string of the molecule is CCN1CCN(Cc2ccc(CNC(=O)CCc3ccc4c(c3)OCCO4)cc2)CC1. The number of benzene rings is 2. The van der Waals surface area contributed by atoms with Crippen LogP contribution in [-0.2, 0) is 24.3 Å². The lowest BCUT2D eigenvalue weighted by Gasteiger charge is -2.34. The van der Waals surface area contributed by atoms with Crippen LogP contribution in [0.15, 0.2) is 42.5 Å². The van der Waals surface area contributed by atoms with E-state index in [1.165, 1.54) is 5.56 Å². The number of aryl methyl sites for hydroxylation is 1. The molecule has 1 saturated heterocycles. The number of rotatable bonds is 8. The molecule has 1 N–H and O–H groups in total. The standard InChI is InChI=1S/C25H33N3O3/c1-2-27-11-13-28(14-12-27)19-22-5-3-21(4-6-22)18-26-25(29)10-8-20-7-9-23-24(17-20)31-16-15-30-23/h3-7,9,17H,2,8,10-16,18-19H2,1H3,(H,26,29). The van der Waals surface area contributed by atoms with E-state index in [0.717, 1.165) is 61.9 Å². The first kappa shape index (κ1) is 21.7. The van der Waals surface area contributed by atoms with Gasteiger partial charge < -0.3 is 19.7 Å². The maximum absolute atomic E-state index is 12.3. The molecule has 1 fully saturated rings. The van der Waals surface area contributed by atoms with Gasteiger partial charge in [0.25, 0.3) is 0 Å². The molecule has 0 spiro atoms. The maximum atomic E-state index is 12.3. The zero-order valence-electron chi connectivity index (χ0n) is 18.4. The summed E-state index contributed by atoms with van der Waals surface area (Å²) in [6.07, 6.45) is 1.15. The smallest absolute Gasteiger partial charge is 0.220 e. The molecule has 0 aromatic heterocycles. The quantitative estimate of drug-likeness (QED) is 0.708. The largest absolute Gasteiger partial charge is 0.486 e. The Morgan fingerprint density at radius 3 is 2.26 bits per heavy atom. The number of amides is 1. The summed E-state index contributed by atoms with van der Waals surface area (Å²) < 4.78 is 11.2. The van der Waals surface area contributed by atoms with Gasteiger partial charge in [0.2, 0.25) is 5.91 Å². The van der Waals surface area contributed by atoms with Gasteiger partial charge >= 0.3 is 0 Å². The summed E-state index contributed by atoms with van der Waals surface area (Å²) in [5.74, 6) is 1.62. The molecule has 6 nitrogen and oxygen atoms in total. The first-order valence-corrected chi connectivity index (χ1v) is 11.4. The lowest BCUT2D eigenvalue weighted by molar-refractivity contribution is -0.121. The van der Waals surface area contributed by atoms with Crippen LogP contribution in [0.1, 0.15) is 30.0 Å². The molecule has 0 radical (unpaired) electrons. The fourth-order valence-electron chi connectivity index (χ4n) is 4.07. The molecule has 0 saturated carbocycles. The van der Waals surface area contributed by atoms with Crippen molar-refractivity contribution in [3.05, 3.63) is 59.2 Å². The Labute approximate surface area is 185 Å². The van der Waals surface area contributed by atoms with E-state index in [-0.39, 0.29) is 5.91 Å². The first-order chi connectivity index (χ1) is 15.2. The molecule has 2 aromatic carbocycles. The number of ether oxygens (including phenoxy) is 2. The summed E-state index contributed by atoms with van der Waals surface area (Å²) in [7, 11) is 0. The highest BCUT2D eigenvalue weighted by Crippen LogP contribution is 2.31. The zero-order valence-corrected chi connectivity index (χ0v) is 18.4. The van der Waals surface area contributed by atoms with Crippen LogP contribution in [0.5, 0.6) is 11.5 Å². The van der Waals surface area contributed by atoms with Gasteiger partial charge in [-0.3, -0.25) is 9.69 Å². The Kier molecular flexibility index (Phi) is 7.43. The van der Waals surface area contributed by atoms with E-state index in [0.29, 0.717) is 32.6 Å². The van der Waals surface area contributed by atoms with Crippen LogP contribution in [-0.4, -0.2) is 61.6 Å². The number of likely N-dealkylation sites (N-methyl/N-ethyl adjacent to an activating group) is 1. The molecule has 2 aliphatic rings. The van der Waals surface area contributed by atoms with Gasteiger partial charge in [0.05, 0.1) is 0 Å². The molecule has 0 unspecified atom stereocenters. The van der Waals surface area contributed by atoms with Crippen molar-refractivity contribution in [3.8, 4) is 11.5 Å². The topological polar surface area (TPSA) is 54.0 Å². The van der Waals surface area contributed by atoms with Crippen LogP contribution < -0.4 is 14.8 Å². The molecule has 4 rings (SSSR count). The maximum Gasteiger partial charge on any atom is 0.220 e. The summed E-state index contributed by atoms with van der Waals surface area (Å²) >= 11 is 0. The lowest BCUT2D eigenvalue weighted by atomic mass is 10.1. The third-order valence-electron chi connectivity index (χ3n) is 6.08. The van der Waals surface area contributed by atoms with E-state index in [9.17, 15) is 4.79 Å². The highest BCUT2D eigenvalue weighted by Gasteiger charge is 2.15. The van der Waals surface area contributed by atoms with Crippen LogP contribution in [0, 0.1) is 0 Å². The van der Waals surface area contributed by atoms with E-state index < -0.39 is 0 Å². The second-order valence-electron chi connectivity index (χ2n) is 8.28. The third-order valence-corrected chi connectivity index (χ3v) is 6.08. The average Bonchev–Trinajstić information content (AvgIpc) is 2.82. The number of piperazine rings is 1. The van der Waals surface area contributed by atoms with Crippen molar-refractivity contribution in [2.45, 2.75) is 32.9 Å². The Hall–Kier alpha value is -2.57. The van der Waals surface area contributed by atoms with Crippen molar-refractivity contribution in [3.63, 3.8) is 0 Å². The summed E-state index contributed by atoms with van der Waals surface area (Å²) in [5.41, 5.74) is 3.55. The minimum Gasteiger partial charge on any atom is -0.486 e. The van der Waals surface area contributed by atoms with Gasteiger partial charge in [0, 0.05) is 45.7 Å². The van der Waals surface area contributed by atoms with Crippen LogP contribution in [0.4, 0.5) is 0 Å². The van der Waals surface area contributed by atoms with E-state index >= 15 is 0 Å². The third kappa shape index (κ3) is 6.21. The van der Waals surface area contributed by atoms with Gasteiger partial charge in [-0.05, 0) is 41.8 Å². The molecule has 0 atom stereocenters. The molecule has 0 aliphatic carbocycles. The summed E-state index contributed by atoms with van der Waals surface area (Å²) in [6, 6.07) is 14.5. The molecule has 2 aromatic rings. The van der Waals surface area contributed by atoms with Crippen molar-refractivity contribution in [1.82, 2.24) is 15.1 Å².